The van der Waals surface area contributed by atoms with Gasteiger partial charge in [-0.05, 0) is 25.1 Å². The van der Waals surface area contributed by atoms with Crippen LogP contribution in [0.4, 0.5) is 0 Å². The van der Waals surface area contributed by atoms with Crippen molar-refractivity contribution in [3.63, 3.8) is 0 Å². The summed E-state index contributed by atoms with van der Waals surface area (Å²) >= 11 is 9.00. The maximum absolute atomic E-state index is 10.8. The maximum atomic E-state index is 10.8. The predicted octanol–water partition coefficient (Wildman–Crippen LogP) is 3.95. The minimum absolute atomic E-state index is 0.190. The number of nitrogens with zero attached hydrogens (tertiary/aromatic N) is 1. The highest BCUT2D eigenvalue weighted by Gasteiger charge is 2.09. The van der Waals surface area contributed by atoms with Crippen molar-refractivity contribution in [2.24, 2.45) is 0 Å². The smallest absolute Gasteiger partial charge is 0.335 e. The number of aromatic carboxylic acids is 1. The third-order valence-electron chi connectivity index (χ3n) is 1.97. The zero-order valence-electron chi connectivity index (χ0n) is 8.81. The Labute approximate surface area is 111 Å². The highest BCUT2D eigenvalue weighted by molar-refractivity contribution is 8.01. The van der Waals surface area contributed by atoms with Crippen molar-refractivity contribution in [2.45, 2.75) is 16.2 Å². The van der Waals surface area contributed by atoms with E-state index in [4.69, 9.17) is 16.7 Å². The minimum atomic E-state index is -0.978. The summed E-state index contributed by atoms with van der Waals surface area (Å²) in [6.07, 6.45) is 0. The van der Waals surface area contributed by atoms with Crippen molar-refractivity contribution in [1.82, 2.24) is 4.98 Å². The fraction of sp³-hybridized carbons (Fsp3) is 0.0909. The molecule has 2 aromatic rings. The summed E-state index contributed by atoms with van der Waals surface area (Å²) < 4.78 is 0.896. The van der Waals surface area contributed by atoms with E-state index in [1.165, 1.54) is 23.9 Å². The second-order valence-corrected chi connectivity index (χ2v) is 5.86. The Kier molecular flexibility index (Phi) is 3.71. The summed E-state index contributed by atoms with van der Waals surface area (Å²) in [5, 5.41) is 11.2. The standard InChI is InChI=1S/C11H8ClNO2S2/c1-6-5-16-11(13-6)17-9-3-2-7(10(14)15)4-8(9)12/h2-5H,1H3,(H,14,15). The Morgan fingerprint density at radius 1 is 1.53 bits per heavy atom. The van der Waals surface area contributed by atoms with Crippen molar-refractivity contribution in [3.05, 3.63) is 39.9 Å². The van der Waals surface area contributed by atoms with E-state index in [0.717, 1.165) is 14.9 Å². The summed E-state index contributed by atoms with van der Waals surface area (Å²) in [5.41, 5.74) is 1.16. The van der Waals surface area contributed by atoms with Gasteiger partial charge in [-0.1, -0.05) is 23.4 Å². The number of thiazole rings is 1. The number of aromatic nitrogens is 1. The second kappa shape index (κ2) is 5.08. The van der Waals surface area contributed by atoms with E-state index in [1.807, 2.05) is 12.3 Å². The predicted molar refractivity (Wildman–Crippen MR) is 69.4 cm³/mol. The van der Waals surface area contributed by atoms with Gasteiger partial charge in [0.05, 0.1) is 10.6 Å². The molecule has 0 radical (unpaired) electrons. The monoisotopic (exact) mass is 285 g/mol. The summed E-state index contributed by atoms with van der Waals surface area (Å²) in [7, 11) is 0. The van der Waals surface area contributed by atoms with Gasteiger partial charge in [0.15, 0.2) is 4.34 Å². The lowest BCUT2D eigenvalue weighted by molar-refractivity contribution is 0.0697. The van der Waals surface area contributed by atoms with Gasteiger partial charge in [0.1, 0.15) is 0 Å². The zero-order valence-corrected chi connectivity index (χ0v) is 11.2. The molecule has 6 heteroatoms. The molecule has 0 aliphatic carbocycles. The van der Waals surface area contributed by atoms with Crippen LogP contribution in [0, 0.1) is 6.92 Å². The van der Waals surface area contributed by atoms with Gasteiger partial charge in [0.25, 0.3) is 0 Å². The molecule has 0 saturated carbocycles. The van der Waals surface area contributed by atoms with E-state index in [9.17, 15) is 4.79 Å². The molecule has 0 unspecified atom stereocenters. The van der Waals surface area contributed by atoms with Crippen LogP contribution in [0.3, 0.4) is 0 Å². The first-order chi connectivity index (χ1) is 8.06. The number of benzene rings is 1. The number of carboxylic acids is 1. The summed E-state index contributed by atoms with van der Waals surface area (Å²) in [6.45, 7) is 1.93. The fourth-order valence-corrected chi connectivity index (χ4v) is 3.28. The first-order valence-corrected chi connectivity index (χ1v) is 6.76. The van der Waals surface area contributed by atoms with Crippen LogP contribution in [-0.2, 0) is 0 Å². The minimum Gasteiger partial charge on any atom is -0.478 e. The van der Waals surface area contributed by atoms with Crippen molar-refractivity contribution in [1.29, 1.82) is 0 Å². The maximum Gasteiger partial charge on any atom is 0.335 e. The Morgan fingerprint density at radius 3 is 2.82 bits per heavy atom. The van der Waals surface area contributed by atoms with Gasteiger partial charge >= 0.3 is 5.97 Å². The zero-order chi connectivity index (χ0) is 12.4. The molecule has 1 heterocycles. The van der Waals surface area contributed by atoms with Crippen LogP contribution in [0.1, 0.15) is 16.1 Å². The molecule has 0 aliphatic heterocycles. The number of carboxylic acid groups (broad SMARTS) is 1. The topological polar surface area (TPSA) is 50.2 Å². The van der Waals surface area contributed by atoms with Crippen molar-refractivity contribution >= 4 is 40.7 Å². The largest absolute Gasteiger partial charge is 0.478 e. The first kappa shape index (κ1) is 12.4. The Morgan fingerprint density at radius 2 is 2.29 bits per heavy atom. The molecular weight excluding hydrogens is 278 g/mol. The molecule has 1 N–H and O–H groups in total. The van der Waals surface area contributed by atoms with E-state index in [-0.39, 0.29) is 5.56 Å². The van der Waals surface area contributed by atoms with Gasteiger partial charge in [-0.25, -0.2) is 9.78 Å². The lowest BCUT2D eigenvalue weighted by Gasteiger charge is -2.02. The average molecular weight is 286 g/mol. The summed E-state index contributed by atoms with van der Waals surface area (Å²) in [4.78, 5) is 15.9. The van der Waals surface area contributed by atoms with Crippen LogP contribution in [0.15, 0.2) is 32.8 Å². The quantitative estimate of drug-likeness (QED) is 0.927. The molecule has 88 valence electrons. The van der Waals surface area contributed by atoms with Crippen LogP contribution >= 0.6 is 34.7 Å². The van der Waals surface area contributed by atoms with E-state index in [1.54, 1.807) is 17.4 Å². The van der Waals surface area contributed by atoms with E-state index < -0.39 is 5.97 Å². The highest BCUT2D eigenvalue weighted by Crippen LogP contribution is 2.35. The molecule has 0 bridgehead atoms. The summed E-state index contributed by atoms with van der Waals surface area (Å²) in [5.74, 6) is -0.978. The molecule has 3 nitrogen and oxygen atoms in total. The average Bonchev–Trinajstić information content (AvgIpc) is 2.67. The molecule has 0 spiro atoms. The summed E-state index contributed by atoms with van der Waals surface area (Å²) in [6, 6.07) is 4.69. The van der Waals surface area contributed by atoms with Crippen LogP contribution in [-0.4, -0.2) is 16.1 Å². The molecule has 0 saturated heterocycles. The number of aryl methyl sites for hydroxylation is 1. The molecule has 17 heavy (non-hydrogen) atoms. The third kappa shape index (κ3) is 3.00. The van der Waals surface area contributed by atoms with Crippen LogP contribution in [0.2, 0.25) is 5.02 Å². The Hall–Kier alpha value is -1.04. The fourth-order valence-electron chi connectivity index (χ4n) is 1.19. The highest BCUT2D eigenvalue weighted by atomic mass is 35.5. The number of rotatable bonds is 3. The molecule has 1 aromatic carbocycles. The molecule has 2 rings (SSSR count). The number of carbonyl (C=O) groups is 1. The van der Waals surface area contributed by atoms with E-state index in [2.05, 4.69) is 4.98 Å². The van der Waals surface area contributed by atoms with Crippen molar-refractivity contribution in [3.8, 4) is 0 Å². The van der Waals surface area contributed by atoms with Gasteiger partial charge in [0.2, 0.25) is 0 Å². The van der Waals surface area contributed by atoms with Crippen LogP contribution < -0.4 is 0 Å². The molecule has 1 aromatic heterocycles. The van der Waals surface area contributed by atoms with Crippen LogP contribution in [0.25, 0.3) is 0 Å². The van der Waals surface area contributed by atoms with E-state index in [0.29, 0.717) is 5.02 Å². The molecular formula is C11H8ClNO2S2. The Bertz CT molecular complexity index is 568. The SMILES string of the molecule is Cc1csc(Sc2ccc(C(=O)O)cc2Cl)n1. The number of hydrogen-bond donors (Lipinski definition) is 1. The third-order valence-corrected chi connectivity index (χ3v) is 4.53. The van der Waals surface area contributed by atoms with Gasteiger partial charge in [0, 0.05) is 16.0 Å². The van der Waals surface area contributed by atoms with E-state index >= 15 is 0 Å². The molecule has 0 fully saturated rings. The second-order valence-electron chi connectivity index (χ2n) is 3.31. The number of hydrogen-bond acceptors (Lipinski definition) is 4. The lowest BCUT2D eigenvalue weighted by Crippen LogP contribution is -1.95. The van der Waals surface area contributed by atoms with Crippen molar-refractivity contribution in [2.75, 3.05) is 0 Å². The van der Waals surface area contributed by atoms with Gasteiger partial charge in [-0.3, -0.25) is 0 Å². The first-order valence-electron chi connectivity index (χ1n) is 4.69. The lowest BCUT2D eigenvalue weighted by atomic mass is 10.2. The number of halogens is 1. The molecule has 0 atom stereocenters. The molecule has 0 amide bonds. The molecule has 0 aliphatic rings. The Balaban J connectivity index is 2.25. The van der Waals surface area contributed by atoms with Gasteiger partial charge < -0.3 is 5.11 Å². The van der Waals surface area contributed by atoms with Crippen LogP contribution in [0.5, 0.6) is 0 Å². The van der Waals surface area contributed by atoms with Gasteiger partial charge in [-0.2, -0.15) is 0 Å². The van der Waals surface area contributed by atoms with Crippen molar-refractivity contribution < 1.29 is 9.90 Å². The van der Waals surface area contributed by atoms with Gasteiger partial charge in [-0.15, -0.1) is 11.3 Å². The normalized spacial score (nSPS) is 10.5.